The molecule has 2 aromatic carbocycles. The number of H-pyrrole nitrogens is 1. The van der Waals surface area contributed by atoms with Crippen LogP contribution in [-0.2, 0) is 6.54 Å². The number of hydrogen-bond acceptors (Lipinski definition) is 2. The van der Waals surface area contributed by atoms with E-state index in [1.54, 1.807) is 6.07 Å². The first-order valence-electron chi connectivity index (χ1n) is 6.20. The van der Waals surface area contributed by atoms with E-state index in [1.165, 1.54) is 12.1 Å². The second kappa shape index (κ2) is 5.13. The van der Waals surface area contributed by atoms with Crippen LogP contribution >= 0.6 is 0 Å². The standard InChI is InChI=1S/C15H12FN3O/c16-11-6-7-13-12(8-11)14(19-18-13)15(20)17-9-10-4-2-1-3-5-10/h1-8H,9H2,(H,17,20)(H,18,19). The predicted octanol–water partition coefficient (Wildman–Crippen LogP) is 2.63. The van der Waals surface area contributed by atoms with Gasteiger partial charge < -0.3 is 5.32 Å². The molecular weight excluding hydrogens is 257 g/mol. The molecule has 4 nitrogen and oxygen atoms in total. The number of hydrogen-bond donors (Lipinski definition) is 2. The third-order valence-electron chi connectivity index (χ3n) is 3.04. The fraction of sp³-hybridized carbons (Fsp3) is 0.0667. The molecule has 0 unspecified atom stereocenters. The van der Waals surface area contributed by atoms with Gasteiger partial charge in [0.25, 0.3) is 5.91 Å². The first-order chi connectivity index (χ1) is 9.74. The fourth-order valence-corrected chi connectivity index (χ4v) is 2.02. The molecule has 0 aliphatic heterocycles. The Kier molecular flexibility index (Phi) is 3.16. The molecule has 0 saturated carbocycles. The van der Waals surface area contributed by atoms with Crippen molar-refractivity contribution in [3.63, 3.8) is 0 Å². The Balaban J connectivity index is 1.80. The highest BCUT2D eigenvalue weighted by Crippen LogP contribution is 2.17. The van der Waals surface area contributed by atoms with Crippen LogP contribution in [0.4, 0.5) is 4.39 Å². The van der Waals surface area contributed by atoms with Gasteiger partial charge in [-0.3, -0.25) is 9.89 Å². The van der Waals surface area contributed by atoms with E-state index in [-0.39, 0.29) is 11.6 Å². The first kappa shape index (κ1) is 12.3. The fourth-order valence-electron chi connectivity index (χ4n) is 2.02. The van der Waals surface area contributed by atoms with Crippen molar-refractivity contribution in [2.75, 3.05) is 0 Å². The van der Waals surface area contributed by atoms with Crippen molar-refractivity contribution >= 4 is 16.8 Å². The lowest BCUT2D eigenvalue weighted by molar-refractivity contribution is 0.0947. The number of aromatic nitrogens is 2. The lowest BCUT2D eigenvalue weighted by atomic mass is 10.2. The number of halogens is 1. The highest BCUT2D eigenvalue weighted by Gasteiger charge is 2.14. The quantitative estimate of drug-likeness (QED) is 0.768. The average molecular weight is 269 g/mol. The van der Waals surface area contributed by atoms with E-state index >= 15 is 0 Å². The maximum absolute atomic E-state index is 13.2. The van der Waals surface area contributed by atoms with Crippen molar-refractivity contribution in [2.24, 2.45) is 0 Å². The number of fused-ring (bicyclic) bond motifs is 1. The molecule has 0 bridgehead atoms. The topological polar surface area (TPSA) is 57.8 Å². The van der Waals surface area contributed by atoms with Crippen LogP contribution in [0.3, 0.4) is 0 Å². The van der Waals surface area contributed by atoms with E-state index in [0.29, 0.717) is 17.4 Å². The van der Waals surface area contributed by atoms with Crippen LogP contribution in [0.15, 0.2) is 48.5 Å². The zero-order valence-corrected chi connectivity index (χ0v) is 10.6. The molecule has 0 spiro atoms. The summed E-state index contributed by atoms with van der Waals surface area (Å²) < 4.78 is 13.2. The van der Waals surface area contributed by atoms with Gasteiger partial charge in [0.2, 0.25) is 0 Å². The monoisotopic (exact) mass is 269 g/mol. The Morgan fingerprint density at radius 3 is 2.80 bits per heavy atom. The van der Waals surface area contributed by atoms with E-state index in [9.17, 15) is 9.18 Å². The largest absolute Gasteiger partial charge is 0.347 e. The summed E-state index contributed by atoms with van der Waals surface area (Å²) >= 11 is 0. The summed E-state index contributed by atoms with van der Waals surface area (Å²) in [5, 5.41) is 9.91. The highest BCUT2D eigenvalue weighted by atomic mass is 19.1. The van der Waals surface area contributed by atoms with Crippen LogP contribution in [0.2, 0.25) is 0 Å². The van der Waals surface area contributed by atoms with Crippen molar-refractivity contribution in [3.8, 4) is 0 Å². The lowest BCUT2D eigenvalue weighted by Gasteiger charge is -2.03. The number of aromatic amines is 1. The molecule has 0 aliphatic carbocycles. The second-order valence-corrected chi connectivity index (χ2v) is 4.43. The van der Waals surface area contributed by atoms with Gasteiger partial charge in [0.1, 0.15) is 5.82 Å². The normalized spacial score (nSPS) is 10.7. The molecular formula is C15H12FN3O. The molecule has 1 aromatic heterocycles. The van der Waals surface area contributed by atoms with Crippen LogP contribution in [0.25, 0.3) is 10.9 Å². The van der Waals surface area contributed by atoms with Crippen molar-refractivity contribution in [3.05, 3.63) is 65.6 Å². The number of nitrogens with one attached hydrogen (secondary N) is 2. The number of carbonyl (C=O) groups excluding carboxylic acids is 1. The number of nitrogens with zero attached hydrogens (tertiary/aromatic N) is 1. The molecule has 5 heteroatoms. The Hall–Kier alpha value is -2.69. The van der Waals surface area contributed by atoms with E-state index in [0.717, 1.165) is 5.56 Å². The molecule has 0 radical (unpaired) electrons. The third kappa shape index (κ3) is 2.38. The van der Waals surface area contributed by atoms with Crippen LogP contribution in [-0.4, -0.2) is 16.1 Å². The van der Waals surface area contributed by atoms with E-state index in [2.05, 4.69) is 15.5 Å². The van der Waals surface area contributed by atoms with E-state index in [1.807, 2.05) is 30.3 Å². The van der Waals surface area contributed by atoms with Crippen molar-refractivity contribution < 1.29 is 9.18 Å². The van der Waals surface area contributed by atoms with Gasteiger partial charge in [-0.2, -0.15) is 5.10 Å². The Morgan fingerprint density at radius 2 is 2.00 bits per heavy atom. The van der Waals surface area contributed by atoms with Gasteiger partial charge in [-0.15, -0.1) is 0 Å². The number of rotatable bonds is 3. The van der Waals surface area contributed by atoms with Gasteiger partial charge in [-0.25, -0.2) is 4.39 Å². The summed E-state index contributed by atoms with van der Waals surface area (Å²) in [6.07, 6.45) is 0. The average Bonchev–Trinajstić information content (AvgIpc) is 2.89. The molecule has 0 saturated heterocycles. The maximum Gasteiger partial charge on any atom is 0.272 e. The molecule has 3 aromatic rings. The lowest BCUT2D eigenvalue weighted by Crippen LogP contribution is -2.23. The molecule has 100 valence electrons. The third-order valence-corrected chi connectivity index (χ3v) is 3.04. The Morgan fingerprint density at radius 1 is 1.20 bits per heavy atom. The van der Waals surface area contributed by atoms with Gasteiger partial charge in [-0.05, 0) is 23.8 Å². The zero-order chi connectivity index (χ0) is 13.9. The van der Waals surface area contributed by atoms with Crippen LogP contribution < -0.4 is 5.32 Å². The molecule has 3 rings (SSSR count). The van der Waals surface area contributed by atoms with Crippen molar-refractivity contribution in [1.29, 1.82) is 0 Å². The summed E-state index contributed by atoms with van der Waals surface area (Å²) in [5.74, 6) is -0.721. The van der Waals surface area contributed by atoms with Crippen LogP contribution in [0.1, 0.15) is 16.1 Å². The Labute approximate surface area is 114 Å². The molecule has 1 heterocycles. The van der Waals surface area contributed by atoms with Crippen LogP contribution in [0, 0.1) is 5.82 Å². The highest BCUT2D eigenvalue weighted by molar-refractivity contribution is 6.04. The zero-order valence-electron chi connectivity index (χ0n) is 10.6. The second-order valence-electron chi connectivity index (χ2n) is 4.43. The van der Waals surface area contributed by atoms with Gasteiger partial charge in [-0.1, -0.05) is 30.3 Å². The first-order valence-corrected chi connectivity index (χ1v) is 6.20. The van der Waals surface area contributed by atoms with Gasteiger partial charge >= 0.3 is 0 Å². The number of carbonyl (C=O) groups is 1. The molecule has 1 amide bonds. The molecule has 0 fully saturated rings. The molecule has 0 aliphatic rings. The minimum Gasteiger partial charge on any atom is -0.347 e. The maximum atomic E-state index is 13.2. The number of amides is 1. The summed E-state index contributed by atoms with van der Waals surface area (Å²) in [5.41, 5.74) is 1.83. The van der Waals surface area contributed by atoms with Crippen molar-refractivity contribution in [2.45, 2.75) is 6.54 Å². The van der Waals surface area contributed by atoms with Gasteiger partial charge in [0, 0.05) is 11.9 Å². The van der Waals surface area contributed by atoms with E-state index < -0.39 is 5.82 Å². The summed E-state index contributed by atoms with van der Waals surface area (Å²) in [6, 6.07) is 13.7. The Bertz CT molecular complexity index is 752. The van der Waals surface area contributed by atoms with E-state index in [4.69, 9.17) is 0 Å². The van der Waals surface area contributed by atoms with Gasteiger partial charge in [0.05, 0.1) is 5.52 Å². The van der Waals surface area contributed by atoms with Crippen LogP contribution in [0.5, 0.6) is 0 Å². The molecule has 20 heavy (non-hydrogen) atoms. The summed E-state index contributed by atoms with van der Waals surface area (Å²) in [7, 11) is 0. The SMILES string of the molecule is O=C(NCc1ccccc1)c1n[nH]c2ccc(F)cc12. The van der Waals surface area contributed by atoms with Crippen molar-refractivity contribution in [1.82, 2.24) is 15.5 Å². The minimum absolute atomic E-state index is 0.204. The molecule has 2 N–H and O–H groups in total. The predicted molar refractivity (Wildman–Crippen MR) is 73.7 cm³/mol. The summed E-state index contributed by atoms with van der Waals surface area (Å²) in [6.45, 7) is 0.406. The minimum atomic E-state index is -0.393. The smallest absolute Gasteiger partial charge is 0.272 e. The summed E-state index contributed by atoms with van der Waals surface area (Å²) in [4.78, 5) is 12.1. The van der Waals surface area contributed by atoms with Gasteiger partial charge in [0.15, 0.2) is 5.69 Å². The number of benzene rings is 2. The molecule has 0 atom stereocenters.